The minimum absolute atomic E-state index is 0.0210. The zero-order valence-corrected chi connectivity index (χ0v) is 16.9. The van der Waals surface area contributed by atoms with Crippen molar-refractivity contribution >= 4 is 21.6 Å². The lowest BCUT2D eigenvalue weighted by molar-refractivity contribution is 0.464. The van der Waals surface area contributed by atoms with Gasteiger partial charge in [0.05, 0.1) is 4.90 Å². The topological polar surface area (TPSA) is 85.1 Å². The smallest absolute Gasteiger partial charge is 0.247 e. The SMILES string of the molecule is O=S(=O)(NC(c1nnc(-c2ccccc2)o1)c1ccccc1Cl)c1ccc(F)cc1. The Kier molecular flexibility index (Phi) is 5.63. The van der Waals surface area contributed by atoms with Gasteiger partial charge >= 0.3 is 0 Å². The van der Waals surface area contributed by atoms with Gasteiger partial charge in [-0.05, 0) is 48.0 Å². The molecule has 30 heavy (non-hydrogen) atoms. The van der Waals surface area contributed by atoms with Crippen LogP contribution in [0.15, 0.2) is 88.2 Å². The molecule has 152 valence electrons. The van der Waals surface area contributed by atoms with E-state index in [4.69, 9.17) is 16.0 Å². The molecule has 1 unspecified atom stereocenters. The quantitative estimate of drug-likeness (QED) is 0.471. The second kappa shape index (κ2) is 8.35. The molecule has 0 aliphatic heterocycles. The number of benzene rings is 3. The van der Waals surface area contributed by atoms with E-state index in [1.165, 1.54) is 12.1 Å². The molecule has 1 atom stereocenters. The molecule has 0 aliphatic carbocycles. The molecule has 6 nitrogen and oxygen atoms in total. The Labute approximate surface area is 177 Å². The number of halogens is 2. The fourth-order valence-corrected chi connectivity index (χ4v) is 4.26. The predicted octanol–water partition coefficient (Wildman–Crippen LogP) is 4.60. The van der Waals surface area contributed by atoms with Gasteiger partial charge in [-0.25, -0.2) is 12.8 Å². The van der Waals surface area contributed by atoms with Crippen molar-refractivity contribution in [2.45, 2.75) is 10.9 Å². The van der Waals surface area contributed by atoms with Crippen LogP contribution in [0.5, 0.6) is 0 Å². The van der Waals surface area contributed by atoms with Crippen molar-refractivity contribution in [2.75, 3.05) is 0 Å². The van der Waals surface area contributed by atoms with Gasteiger partial charge in [-0.1, -0.05) is 48.0 Å². The highest BCUT2D eigenvalue weighted by atomic mass is 35.5. The molecule has 0 radical (unpaired) electrons. The largest absolute Gasteiger partial charge is 0.419 e. The van der Waals surface area contributed by atoms with Crippen LogP contribution in [0, 0.1) is 5.82 Å². The van der Waals surface area contributed by atoms with Gasteiger partial charge in [0.25, 0.3) is 0 Å². The van der Waals surface area contributed by atoms with E-state index in [-0.39, 0.29) is 16.7 Å². The Balaban J connectivity index is 1.75. The average Bonchev–Trinajstić information content (AvgIpc) is 3.24. The summed E-state index contributed by atoms with van der Waals surface area (Å²) in [6.07, 6.45) is 0. The van der Waals surface area contributed by atoms with Crippen molar-refractivity contribution in [2.24, 2.45) is 0 Å². The summed E-state index contributed by atoms with van der Waals surface area (Å²) in [7, 11) is -4.05. The van der Waals surface area contributed by atoms with Gasteiger partial charge < -0.3 is 4.42 Å². The second-order valence-corrected chi connectivity index (χ2v) is 8.46. The Bertz CT molecular complexity index is 1260. The molecular formula is C21H15ClFN3O3S. The Hall–Kier alpha value is -3.07. The standard InChI is InChI=1S/C21H15ClFN3O3S/c22-18-9-5-4-8-17(18)19(26-30(27,28)16-12-10-15(23)11-13-16)21-25-24-20(29-21)14-6-2-1-3-7-14/h1-13,19,26H. The normalized spacial score (nSPS) is 12.6. The van der Waals surface area contributed by atoms with Crippen molar-refractivity contribution < 1.29 is 17.2 Å². The van der Waals surface area contributed by atoms with Crippen molar-refractivity contribution in [3.05, 3.63) is 101 Å². The first-order valence-electron chi connectivity index (χ1n) is 8.85. The van der Waals surface area contributed by atoms with E-state index in [0.717, 1.165) is 12.1 Å². The first-order chi connectivity index (χ1) is 14.4. The summed E-state index contributed by atoms with van der Waals surface area (Å²) in [5.41, 5.74) is 1.13. The van der Waals surface area contributed by atoms with Crippen molar-refractivity contribution in [3.63, 3.8) is 0 Å². The molecule has 3 aromatic carbocycles. The summed E-state index contributed by atoms with van der Waals surface area (Å²) >= 11 is 6.31. The van der Waals surface area contributed by atoms with Gasteiger partial charge in [0.15, 0.2) is 0 Å². The highest BCUT2D eigenvalue weighted by Crippen LogP contribution is 2.31. The maximum Gasteiger partial charge on any atom is 0.247 e. The first kappa shape index (κ1) is 20.2. The number of nitrogens with zero attached hydrogens (tertiary/aromatic N) is 2. The van der Waals surface area contributed by atoms with Crippen LogP contribution >= 0.6 is 11.6 Å². The summed E-state index contributed by atoms with van der Waals surface area (Å²) < 4.78 is 47.4. The predicted molar refractivity (Wildman–Crippen MR) is 110 cm³/mol. The highest BCUT2D eigenvalue weighted by molar-refractivity contribution is 7.89. The van der Waals surface area contributed by atoms with Crippen LogP contribution in [-0.2, 0) is 10.0 Å². The van der Waals surface area contributed by atoms with E-state index in [2.05, 4.69) is 14.9 Å². The van der Waals surface area contributed by atoms with E-state index in [1.54, 1.807) is 36.4 Å². The third kappa shape index (κ3) is 4.25. The summed E-state index contributed by atoms with van der Waals surface area (Å²) in [6.45, 7) is 0. The lowest BCUT2D eigenvalue weighted by Gasteiger charge is -2.17. The number of aromatic nitrogens is 2. The Morgan fingerprint density at radius 3 is 2.27 bits per heavy atom. The Morgan fingerprint density at radius 2 is 1.57 bits per heavy atom. The number of hydrogen-bond donors (Lipinski definition) is 1. The van der Waals surface area contributed by atoms with Gasteiger partial charge in [0.1, 0.15) is 11.9 Å². The minimum atomic E-state index is -4.05. The zero-order chi connectivity index (χ0) is 21.1. The van der Waals surface area contributed by atoms with Crippen LogP contribution in [0.25, 0.3) is 11.5 Å². The maximum absolute atomic E-state index is 13.2. The minimum Gasteiger partial charge on any atom is -0.419 e. The van der Waals surface area contributed by atoms with Gasteiger partial charge in [0.2, 0.25) is 21.8 Å². The maximum atomic E-state index is 13.2. The van der Waals surface area contributed by atoms with Crippen LogP contribution < -0.4 is 4.72 Å². The van der Waals surface area contributed by atoms with Gasteiger partial charge in [0, 0.05) is 10.6 Å². The molecule has 0 spiro atoms. The fourth-order valence-electron chi connectivity index (χ4n) is 2.84. The monoisotopic (exact) mass is 443 g/mol. The van der Waals surface area contributed by atoms with Crippen LogP contribution in [0.1, 0.15) is 17.5 Å². The van der Waals surface area contributed by atoms with Crippen molar-refractivity contribution in [1.29, 1.82) is 0 Å². The molecule has 0 saturated heterocycles. The van der Waals surface area contributed by atoms with Crippen molar-refractivity contribution in [1.82, 2.24) is 14.9 Å². The Morgan fingerprint density at radius 1 is 0.900 bits per heavy atom. The number of hydrogen-bond acceptors (Lipinski definition) is 5. The van der Waals surface area contributed by atoms with Gasteiger partial charge in [-0.2, -0.15) is 4.72 Å². The molecular weight excluding hydrogens is 429 g/mol. The molecule has 1 aromatic heterocycles. The van der Waals surface area contributed by atoms with Gasteiger partial charge in [-0.3, -0.25) is 0 Å². The van der Waals surface area contributed by atoms with Crippen molar-refractivity contribution in [3.8, 4) is 11.5 Å². The van der Waals surface area contributed by atoms with E-state index in [0.29, 0.717) is 16.1 Å². The molecule has 0 aliphatic rings. The van der Waals surface area contributed by atoms with Crippen LogP contribution in [0.4, 0.5) is 4.39 Å². The lowest BCUT2D eigenvalue weighted by atomic mass is 10.1. The molecule has 0 amide bonds. The van der Waals surface area contributed by atoms with E-state index in [9.17, 15) is 12.8 Å². The van der Waals surface area contributed by atoms with Gasteiger partial charge in [-0.15, -0.1) is 10.2 Å². The molecule has 0 bridgehead atoms. The number of rotatable bonds is 6. The molecule has 9 heteroatoms. The average molecular weight is 444 g/mol. The fraction of sp³-hybridized carbons (Fsp3) is 0.0476. The van der Waals surface area contributed by atoms with Crippen LogP contribution in [-0.4, -0.2) is 18.6 Å². The molecule has 4 rings (SSSR count). The number of nitrogens with one attached hydrogen (secondary N) is 1. The summed E-state index contributed by atoms with van der Waals surface area (Å²) in [4.78, 5) is -0.108. The number of sulfonamides is 1. The zero-order valence-electron chi connectivity index (χ0n) is 15.4. The molecule has 1 N–H and O–H groups in total. The van der Waals surface area contributed by atoms with Crippen LogP contribution in [0.2, 0.25) is 5.02 Å². The molecule has 4 aromatic rings. The molecule has 1 heterocycles. The second-order valence-electron chi connectivity index (χ2n) is 6.34. The summed E-state index contributed by atoms with van der Waals surface area (Å²) in [5, 5.41) is 8.40. The summed E-state index contributed by atoms with van der Waals surface area (Å²) in [5.74, 6) is -0.280. The third-order valence-electron chi connectivity index (χ3n) is 4.32. The summed E-state index contributed by atoms with van der Waals surface area (Å²) in [6, 6.07) is 19.3. The highest BCUT2D eigenvalue weighted by Gasteiger charge is 2.29. The van der Waals surface area contributed by atoms with E-state index >= 15 is 0 Å². The lowest BCUT2D eigenvalue weighted by Crippen LogP contribution is -2.30. The molecule has 0 saturated carbocycles. The van der Waals surface area contributed by atoms with E-state index < -0.39 is 21.9 Å². The first-order valence-corrected chi connectivity index (χ1v) is 10.7. The third-order valence-corrected chi connectivity index (χ3v) is 6.10. The molecule has 0 fully saturated rings. The van der Waals surface area contributed by atoms with Crippen LogP contribution in [0.3, 0.4) is 0 Å². The van der Waals surface area contributed by atoms with E-state index in [1.807, 2.05) is 18.2 Å².